The number of ether oxygens (including phenoxy) is 4. The molecule has 27 heavy (non-hydrogen) atoms. The summed E-state index contributed by atoms with van der Waals surface area (Å²) in [6.45, 7) is 1.96. The van der Waals surface area contributed by atoms with Gasteiger partial charge in [0.1, 0.15) is 0 Å². The van der Waals surface area contributed by atoms with Crippen molar-refractivity contribution in [1.29, 1.82) is 0 Å². The Morgan fingerprint density at radius 3 is 2.11 bits per heavy atom. The first-order chi connectivity index (χ1) is 13.0. The standard InChI is InChI=1S/C20H29NO6/c1-13-5-7-15(8-6-13)21-18(22)12-27-19(23)11-14-9-16(24-2)20(26-4)17(10-14)25-3/h9-10,13,15H,5-8,11-12H2,1-4H3,(H,21,22). The molecule has 1 saturated carbocycles. The minimum Gasteiger partial charge on any atom is -0.493 e. The van der Waals surface area contributed by atoms with Crippen molar-refractivity contribution >= 4 is 11.9 Å². The van der Waals surface area contributed by atoms with E-state index in [9.17, 15) is 9.59 Å². The molecular formula is C20H29NO6. The normalized spacial score (nSPS) is 19.1. The van der Waals surface area contributed by atoms with Gasteiger partial charge >= 0.3 is 5.97 Å². The summed E-state index contributed by atoms with van der Waals surface area (Å²) in [5.41, 5.74) is 0.649. The molecule has 7 nitrogen and oxygen atoms in total. The molecule has 1 aromatic carbocycles. The number of esters is 1. The van der Waals surface area contributed by atoms with Crippen LogP contribution in [-0.2, 0) is 20.7 Å². The highest BCUT2D eigenvalue weighted by Gasteiger charge is 2.20. The zero-order valence-electron chi connectivity index (χ0n) is 16.5. The third kappa shape index (κ3) is 6.05. The lowest BCUT2D eigenvalue weighted by molar-refractivity contribution is -0.148. The Hall–Kier alpha value is -2.44. The molecule has 150 valence electrons. The fourth-order valence-electron chi connectivity index (χ4n) is 3.27. The lowest BCUT2D eigenvalue weighted by atomic mass is 9.87. The van der Waals surface area contributed by atoms with Crippen LogP contribution in [0.3, 0.4) is 0 Å². The molecule has 0 bridgehead atoms. The Balaban J connectivity index is 1.85. The van der Waals surface area contributed by atoms with Crippen molar-refractivity contribution < 1.29 is 28.5 Å². The van der Waals surface area contributed by atoms with Crippen LogP contribution in [0.15, 0.2) is 12.1 Å². The highest BCUT2D eigenvalue weighted by Crippen LogP contribution is 2.38. The van der Waals surface area contributed by atoms with Crippen molar-refractivity contribution in [3.05, 3.63) is 17.7 Å². The second-order valence-electron chi connectivity index (χ2n) is 6.90. The second-order valence-corrected chi connectivity index (χ2v) is 6.90. The molecule has 1 N–H and O–H groups in total. The minimum atomic E-state index is -0.489. The van der Waals surface area contributed by atoms with Crippen molar-refractivity contribution in [3.8, 4) is 17.2 Å². The molecule has 0 spiro atoms. The van der Waals surface area contributed by atoms with Crippen LogP contribution in [0, 0.1) is 5.92 Å². The Kier molecular flexibility index (Phi) is 7.76. The maximum atomic E-state index is 12.1. The highest BCUT2D eigenvalue weighted by molar-refractivity contribution is 5.81. The maximum Gasteiger partial charge on any atom is 0.310 e. The van der Waals surface area contributed by atoms with Crippen LogP contribution >= 0.6 is 0 Å². The zero-order chi connectivity index (χ0) is 19.8. The summed E-state index contributed by atoms with van der Waals surface area (Å²) in [5.74, 6) is 1.35. The van der Waals surface area contributed by atoms with Gasteiger partial charge in [-0.15, -0.1) is 0 Å². The van der Waals surface area contributed by atoms with E-state index in [-0.39, 0.29) is 25.0 Å². The van der Waals surface area contributed by atoms with Crippen LogP contribution in [0.2, 0.25) is 0 Å². The van der Waals surface area contributed by atoms with Crippen LogP contribution in [0.25, 0.3) is 0 Å². The lowest BCUT2D eigenvalue weighted by Crippen LogP contribution is -2.39. The quantitative estimate of drug-likeness (QED) is 0.699. The molecule has 1 aromatic rings. The van der Waals surface area contributed by atoms with Crippen LogP contribution in [0.4, 0.5) is 0 Å². The molecule has 0 radical (unpaired) electrons. The van der Waals surface area contributed by atoms with Crippen molar-refractivity contribution in [2.75, 3.05) is 27.9 Å². The van der Waals surface area contributed by atoms with Gasteiger partial charge in [0.25, 0.3) is 5.91 Å². The van der Waals surface area contributed by atoms with E-state index >= 15 is 0 Å². The topological polar surface area (TPSA) is 83.1 Å². The number of carbonyl (C=O) groups excluding carboxylic acids is 2. The molecule has 0 saturated heterocycles. The first-order valence-corrected chi connectivity index (χ1v) is 9.20. The Morgan fingerprint density at radius 1 is 1.00 bits per heavy atom. The summed E-state index contributed by atoms with van der Waals surface area (Å²) in [4.78, 5) is 24.1. The molecule has 0 aliphatic heterocycles. The minimum absolute atomic E-state index is 0.00490. The molecular weight excluding hydrogens is 350 g/mol. The van der Waals surface area contributed by atoms with Crippen molar-refractivity contribution in [3.63, 3.8) is 0 Å². The van der Waals surface area contributed by atoms with Gasteiger partial charge in [-0.3, -0.25) is 9.59 Å². The number of rotatable bonds is 8. The van der Waals surface area contributed by atoms with Crippen LogP contribution < -0.4 is 19.5 Å². The van der Waals surface area contributed by atoms with Gasteiger partial charge in [0.15, 0.2) is 18.1 Å². The first-order valence-electron chi connectivity index (χ1n) is 9.20. The van der Waals surface area contributed by atoms with E-state index in [1.807, 2.05) is 0 Å². The van der Waals surface area contributed by atoms with Crippen molar-refractivity contribution in [2.24, 2.45) is 5.92 Å². The molecule has 0 unspecified atom stereocenters. The van der Waals surface area contributed by atoms with Gasteiger partial charge in [-0.2, -0.15) is 0 Å². The van der Waals surface area contributed by atoms with Gasteiger partial charge < -0.3 is 24.3 Å². The summed E-state index contributed by atoms with van der Waals surface area (Å²) < 4.78 is 20.9. The van der Waals surface area contributed by atoms with Gasteiger partial charge in [0.05, 0.1) is 27.8 Å². The predicted molar refractivity (Wildman–Crippen MR) is 100 cm³/mol. The van der Waals surface area contributed by atoms with Gasteiger partial charge in [-0.05, 0) is 49.3 Å². The smallest absolute Gasteiger partial charge is 0.310 e. The number of benzene rings is 1. The van der Waals surface area contributed by atoms with Crippen LogP contribution in [0.1, 0.15) is 38.2 Å². The van der Waals surface area contributed by atoms with E-state index in [0.29, 0.717) is 22.8 Å². The van der Waals surface area contributed by atoms with E-state index < -0.39 is 5.97 Å². The van der Waals surface area contributed by atoms with Gasteiger partial charge in [-0.1, -0.05) is 6.92 Å². The van der Waals surface area contributed by atoms with Gasteiger partial charge in [0.2, 0.25) is 5.75 Å². The largest absolute Gasteiger partial charge is 0.493 e. The van der Waals surface area contributed by atoms with E-state index in [1.54, 1.807) is 12.1 Å². The van der Waals surface area contributed by atoms with E-state index in [1.165, 1.54) is 21.3 Å². The van der Waals surface area contributed by atoms with Crippen LogP contribution in [0.5, 0.6) is 17.2 Å². The number of hydrogen-bond acceptors (Lipinski definition) is 6. The third-order valence-corrected chi connectivity index (χ3v) is 4.82. The summed E-state index contributed by atoms with van der Waals surface area (Å²) in [5, 5.41) is 2.94. The highest BCUT2D eigenvalue weighted by atomic mass is 16.5. The molecule has 2 rings (SSSR count). The number of amides is 1. The van der Waals surface area contributed by atoms with Gasteiger partial charge in [0, 0.05) is 6.04 Å². The third-order valence-electron chi connectivity index (χ3n) is 4.82. The molecule has 0 atom stereocenters. The summed E-state index contributed by atoms with van der Waals surface area (Å²) >= 11 is 0. The summed E-state index contributed by atoms with van der Waals surface area (Å²) in [6, 6.07) is 3.56. The molecule has 0 aromatic heterocycles. The number of hydrogen-bond donors (Lipinski definition) is 1. The van der Waals surface area contributed by atoms with Crippen LogP contribution in [-0.4, -0.2) is 45.9 Å². The van der Waals surface area contributed by atoms with Crippen molar-refractivity contribution in [2.45, 2.75) is 45.1 Å². The number of methoxy groups -OCH3 is 3. The second kappa shape index (κ2) is 10.0. The van der Waals surface area contributed by atoms with Gasteiger partial charge in [-0.25, -0.2) is 0 Å². The van der Waals surface area contributed by atoms with E-state index in [2.05, 4.69) is 12.2 Å². The molecule has 1 aliphatic rings. The molecule has 7 heteroatoms. The molecule has 1 fully saturated rings. The van der Waals surface area contributed by atoms with Crippen molar-refractivity contribution in [1.82, 2.24) is 5.32 Å². The van der Waals surface area contributed by atoms with E-state index in [0.717, 1.165) is 31.6 Å². The average Bonchev–Trinajstić information content (AvgIpc) is 2.67. The monoisotopic (exact) mass is 379 g/mol. The number of carbonyl (C=O) groups is 2. The Bertz CT molecular complexity index is 627. The predicted octanol–water partition coefficient (Wildman–Crippen LogP) is 2.49. The Labute approximate surface area is 160 Å². The molecule has 0 heterocycles. The lowest BCUT2D eigenvalue weighted by Gasteiger charge is -2.26. The number of nitrogens with one attached hydrogen (secondary N) is 1. The molecule has 1 amide bonds. The summed E-state index contributed by atoms with van der Waals surface area (Å²) in [7, 11) is 4.53. The van der Waals surface area contributed by atoms with E-state index in [4.69, 9.17) is 18.9 Å². The Morgan fingerprint density at radius 2 is 1.59 bits per heavy atom. The fraction of sp³-hybridized carbons (Fsp3) is 0.600. The molecule has 1 aliphatic carbocycles. The fourth-order valence-corrected chi connectivity index (χ4v) is 3.27. The zero-order valence-corrected chi connectivity index (χ0v) is 16.5. The summed E-state index contributed by atoms with van der Waals surface area (Å²) in [6.07, 6.45) is 4.20. The SMILES string of the molecule is COc1cc(CC(=O)OCC(=O)NC2CCC(C)CC2)cc(OC)c1OC. The first kappa shape index (κ1) is 20.9. The average molecular weight is 379 g/mol. The maximum absolute atomic E-state index is 12.1.